The second kappa shape index (κ2) is 9.39. The highest BCUT2D eigenvalue weighted by molar-refractivity contribution is 8.00. The number of aliphatic imine (C=N–C) groups is 1. The molecule has 0 aromatic heterocycles. The Hall–Kier alpha value is -3.90. The Bertz CT molecular complexity index is 1290. The van der Waals surface area contributed by atoms with Gasteiger partial charge in [-0.05, 0) is 17.7 Å². The number of aliphatic hydroxyl groups is 1. The Balaban J connectivity index is 1.67. The number of hydrogen-bond donors (Lipinski definition) is 4. The molecule has 2 aliphatic heterocycles. The number of fused-ring (bicyclic) bond motifs is 1. The summed E-state index contributed by atoms with van der Waals surface area (Å²) in [7, 11) is 0. The van der Waals surface area contributed by atoms with Gasteiger partial charge in [0, 0.05) is 5.75 Å². The summed E-state index contributed by atoms with van der Waals surface area (Å²) >= 11 is 7.15. The molecule has 4 rings (SSSR count). The van der Waals surface area contributed by atoms with Crippen molar-refractivity contribution in [3.63, 3.8) is 0 Å². The number of halogens is 1. The first-order chi connectivity index (χ1) is 16.6. The number of allylic oxidation sites excluding steroid dienone is 2. The number of carboxylic acids is 1. The fourth-order valence-corrected chi connectivity index (χ4v) is 5.35. The lowest BCUT2D eigenvalue weighted by molar-refractivity contribution is -0.150. The van der Waals surface area contributed by atoms with Gasteiger partial charge in [0.15, 0.2) is 6.04 Å². The molecule has 3 aliphatic rings. The van der Waals surface area contributed by atoms with Crippen LogP contribution in [0.3, 0.4) is 0 Å². The first kappa shape index (κ1) is 24.2. The van der Waals surface area contributed by atoms with Gasteiger partial charge in [-0.2, -0.15) is 0 Å². The standard InChI is InChI=1S/C22H17ClN4O7S/c23-10-8-35-21-16(20(32)27(21)17(10)22(33)34)26-19(31)14(9-4-2-1-3-5-9)25-15-12(29)7-6-11(28)13(15)18(24)30/h1-7,14,16,21,28H,8H2,(H2,24,30)(H,26,31)(H,33,34)/t14-,16-,21-/m1/s1. The Morgan fingerprint density at radius 3 is 2.51 bits per heavy atom. The Morgan fingerprint density at radius 1 is 1.20 bits per heavy atom. The topological polar surface area (TPSA) is 179 Å². The highest BCUT2D eigenvalue weighted by atomic mass is 35.5. The van der Waals surface area contributed by atoms with Crippen molar-refractivity contribution >= 4 is 58.5 Å². The van der Waals surface area contributed by atoms with Gasteiger partial charge in [0.25, 0.3) is 11.8 Å². The molecule has 1 fully saturated rings. The molecule has 3 amide bonds. The fraction of sp³-hybridized carbons (Fsp3) is 0.182. The minimum Gasteiger partial charge on any atom is -0.507 e. The number of aliphatic carboxylic acids is 1. The number of carbonyl (C=O) groups excluding carboxylic acids is 4. The third-order valence-corrected chi connectivity index (χ3v) is 7.16. The molecule has 0 bridgehead atoms. The number of β-lactam (4-membered cyclic amide) rings is 1. The van der Waals surface area contributed by atoms with Gasteiger partial charge in [-0.1, -0.05) is 41.9 Å². The second-order valence-corrected chi connectivity index (χ2v) is 9.13. The number of amides is 3. The van der Waals surface area contributed by atoms with Crippen LogP contribution in [-0.4, -0.2) is 67.5 Å². The maximum Gasteiger partial charge on any atom is 0.353 e. The van der Waals surface area contributed by atoms with Crippen LogP contribution in [0.15, 0.2) is 69.5 Å². The second-order valence-electron chi connectivity index (χ2n) is 7.57. The van der Waals surface area contributed by atoms with Crippen LogP contribution in [0.4, 0.5) is 0 Å². The van der Waals surface area contributed by atoms with Gasteiger partial charge >= 0.3 is 5.97 Å². The smallest absolute Gasteiger partial charge is 0.353 e. The van der Waals surface area contributed by atoms with Crippen molar-refractivity contribution in [1.29, 1.82) is 0 Å². The van der Waals surface area contributed by atoms with Crippen LogP contribution in [0.2, 0.25) is 0 Å². The van der Waals surface area contributed by atoms with Crippen molar-refractivity contribution < 1.29 is 34.2 Å². The van der Waals surface area contributed by atoms with Crippen LogP contribution >= 0.6 is 23.4 Å². The molecule has 5 N–H and O–H groups in total. The van der Waals surface area contributed by atoms with E-state index in [1.54, 1.807) is 30.3 Å². The van der Waals surface area contributed by atoms with Gasteiger partial charge in [0.2, 0.25) is 11.7 Å². The Labute approximate surface area is 207 Å². The molecule has 1 aromatic carbocycles. The van der Waals surface area contributed by atoms with E-state index in [1.165, 1.54) is 11.8 Å². The maximum absolute atomic E-state index is 13.3. The maximum atomic E-state index is 13.3. The summed E-state index contributed by atoms with van der Waals surface area (Å²) in [5, 5.41) is 21.3. The third-order valence-electron chi connectivity index (χ3n) is 5.41. The van der Waals surface area contributed by atoms with Gasteiger partial charge in [-0.3, -0.25) is 29.1 Å². The normalized spacial score (nSPS) is 23.7. The average molecular weight is 517 g/mol. The van der Waals surface area contributed by atoms with Gasteiger partial charge in [0.1, 0.15) is 34.2 Å². The van der Waals surface area contributed by atoms with Crippen molar-refractivity contribution in [2.75, 3.05) is 5.75 Å². The first-order valence-corrected chi connectivity index (χ1v) is 11.5. The molecule has 180 valence electrons. The molecule has 35 heavy (non-hydrogen) atoms. The lowest BCUT2D eigenvalue weighted by Gasteiger charge is -2.48. The number of primary amides is 1. The third kappa shape index (κ3) is 4.33. The summed E-state index contributed by atoms with van der Waals surface area (Å²) in [6.45, 7) is 0. The number of nitrogens with zero attached hydrogens (tertiary/aromatic N) is 2. The predicted molar refractivity (Wildman–Crippen MR) is 125 cm³/mol. The number of carboxylic acid groups (broad SMARTS) is 1. The molecule has 3 atom stereocenters. The largest absolute Gasteiger partial charge is 0.507 e. The number of hydrogen-bond acceptors (Lipinski definition) is 8. The number of thioether (sulfide) groups is 1. The van der Waals surface area contributed by atoms with Gasteiger partial charge in [-0.15, -0.1) is 11.8 Å². The highest BCUT2D eigenvalue weighted by Crippen LogP contribution is 2.41. The lowest BCUT2D eigenvalue weighted by atomic mass is 9.97. The zero-order valence-electron chi connectivity index (χ0n) is 17.7. The van der Waals surface area contributed by atoms with Crippen molar-refractivity contribution in [2.24, 2.45) is 10.7 Å². The molecule has 0 saturated carbocycles. The van der Waals surface area contributed by atoms with Crippen LogP contribution < -0.4 is 11.1 Å². The van der Waals surface area contributed by atoms with Gasteiger partial charge < -0.3 is 21.3 Å². The molecule has 1 saturated heterocycles. The molecule has 1 aromatic rings. The first-order valence-electron chi connectivity index (χ1n) is 10.1. The van der Waals surface area contributed by atoms with E-state index in [9.17, 15) is 34.2 Å². The monoisotopic (exact) mass is 516 g/mol. The zero-order chi connectivity index (χ0) is 25.4. The lowest BCUT2D eigenvalue weighted by Crippen LogP contribution is -2.70. The van der Waals surface area contributed by atoms with Crippen LogP contribution in [0, 0.1) is 0 Å². The van der Waals surface area contributed by atoms with Gasteiger partial charge in [0.05, 0.1) is 5.03 Å². The van der Waals surface area contributed by atoms with Gasteiger partial charge in [-0.25, -0.2) is 4.79 Å². The molecular formula is C22H17ClN4O7S. The Morgan fingerprint density at radius 2 is 1.89 bits per heavy atom. The quantitative estimate of drug-likeness (QED) is 0.312. The van der Waals surface area contributed by atoms with Crippen molar-refractivity contribution in [1.82, 2.24) is 10.2 Å². The van der Waals surface area contributed by atoms with Crippen molar-refractivity contribution in [3.8, 4) is 0 Å². The minimum atomic E-state index is -1.39. The van der Waals surface area contributed by atoms with E-state index in [2.05, 4.69) is 10.3 Å². The molecule has 13 heteroatoms. The van der Waals surface area contributed by atoms with Crippen molar-refractivity contribution in [3.05, 3.63) is 70.1 Å². The van der Waals surface area contributed by atoms with E-state index in [4.69, 9.17) is 17.3 Å². The summed E-state index contributed by atoms with van der Waals surface area (Å²) in [5.74, 6) is -5.10. The van der Waals surface area contributed by atoms with Crippen LogP contribution in [-0.2, 0) is 24.0 Å². The number of rotatable bonds is 6. The van der Waals surface area contributed by atoms with Crippen LogP contribution in [0.5, 0.6) is 0 Å². The van der Waals surface area contributed by atoms with E-state index >= 15 is 0 Å². The Kier molecular flexibility index (Phi) is 6.50. The van der Waals surface area contributed by atoms with E-state index in [1.807, 2.05) is 0 Å². The molecule has 0 radical (unpaired) electrons. The summed E-state index contributed by atoms with van der Waals surface area (Å²) in [4.78, 5) is 67.1. The summed E-state index contributed by atoms with van der Waals surface area (Å²) < 4.78 is 0. The number of nitrogens with two attached hydrogens (primary N) is 1. The predicted octanol–water partition coefficient (Wildman–Crippen LogP) is 0.540. The number of carbonyl (C=O) groups is 5. The molecule has 0 spiro atoms. The molecular weight excluding hydrogens is 500 g/mol. The van der Waals surface area contributed by atoms with E-state index in [0.29, 0.717) is 5.56 Å². The summed E-state index contributed by atoms with van der Waals surface area (Å²) in [6, 6.07) is 5.59. The number of benzene rings is 1. The molecule has 2 heterocycles. The van der Waals surface area contributed by atoms with Crippen LogP contribution in [0.25, 0.3) is 0 Å². The van der Waals surface area contributed by atoms with E-state index in [-0.39, 0.29) is 16.5 Å². The average Bonchev–Trinajstić information content (AvgIpc) is 2.82. The summed E-state index contributed by atoms with van der Waals surface area (Å²) in [5.41, 5.74) is 4.27. The number of ketones is 1. The minimum absolute atomic E-state index is 0.0138. The van der Waals surface area contributed by atoms with E-state index < -0.39 is 64.0 Å². The number of aliphatic hydroxyl groups excluding tert-OH is 1. The molecule has 0 unspecified atom stereocenters. The SMILES string of the molecule is NC(=O)C1=C(O)C=CC(=O)C1=N[C@@H](C(=O)N[C@@H]1C(=O)N2C(C(=O)O)=C(Cl)CS[C@H]12)c1ccccc1. The molecule has 11 nitrogen and oxygen atoms in total. The molecule has 1 aliphatic carbocycles. The van der Waals surface area contributed by atoms with Crippen LogP contribution in [0.1, 0.15) is 11.6 Å². The summed E-state index contributed by atoms with van der Waals surface area (Å²) in [6.07, 6.45) is 1.98. The van der Waals surface area contributed by atoms with Crippen molar-refractivity contribution in [2.45, 2.75) is 17.5 Å². The van der Waals surface area contributed by atoms with E-state index in [0.717, 1.165) is 17.1 Å². The highest BCUT2D eigenvalue weighted by Gasteiger charge is 2.54. The fourth-order valence-electron chi connectivity index (χ4n) is 3.80. The zero-order valence-corrected chi connectivity index (χ0v) is 19.2. The number of nitrogens with one attached hydrogen (secondary N) is 1.